The molecular formula is C24H26F3N5O2. The van der Waals surface area contributed by atoms with E-state index in [0.29, 0.717) is 23.7 Å². The molecule has 4 rings (SSSR count). The van der Waals surface area contributed by atoms with E-state index in [4.69, 9.17) is 0 Å². The van der Waals surface area contributed by atoms with Gasteiger partial charge >= 0.3 is 6.18 Å². The maximum atomic E-state index is 13.2. The molecule has 1 fully saturated rings. The van der Waals surface area contributed by atoms with Gasteiger partial charge in [0.25, 0.3) is 11.5 Å². The monoisotopic (exact) mass is 473 g/mol. The Morgan fingerprint density at radius 3 is 2.65 bits per heavy atom. The third-order valence-corrected chi connectivity index (χ3v) is 6.55. The lowest BCUT2D eigenvalue weighted by Crippen LogP contribution is -2.39. The number of pyridine rings is 3. The molecule has 2 atom stereocenters. The average molecular weight is 473 g/mol. The van der Waals surface area contributed by atoms with Crippen molar-refractivity contribution in [3.8, 4) is 0 Å². The van der Waals surface area contributed by atoms with Crippen molar-refractivity contribution in [2.45, 2.75) is 51.4 Å². The molecule has 4 heterocycles. The number of amides is 1. The number of aryl methyl sites for hydroxylation is 1. The van der Waals surface area contributed by atoms with Gasteiger partial charge in [0.2, 0.25) is 0 Å². The molecule has 2 unspecified atom stereocenters. The van der Waals surface area contributed by atoms with Crippen LogP contribution in [0.25, 0.3) is 11.0 Å². The fraction of sp³-hybridized carbons (Fsp3) is 0.417. The molecule has 0 bridgehead atoms. The van der Waals surface area contributed by atoms with E-state index in [1.165, 1.54) is 6.92 Å². The summed E-state index contributed by atoms with van der Waals surface area (Å²) in [5, 5.41) is 2.56. The van der Waals surface area contributed by atoms with Crippen LogP contribution in [-0.2, 0) is 12.7 Å². The summed E-state index contributed by atoms with van der Waals surface area (Å²) in [4.78, 5) is 36.9. The van der Waals surface area contributed by atoms with E-state index in [9.17, 15) is 22.8 Å². The summed E-state index contributed by atoms with van der Waals surface area (Å²) >= 11 is 0. The van der Waals surface area contributed by atoms with E-state index in [1.54, 1.807) is 31.6 Å². The molecule has 1 saturated heterocycles. The maximum absolute atomic E-state index is 13.2. The Bertz CT molecular complexity index is 1270. The number of likely N-dealkylation sites (tertiary alicyclic amines) is 1. The highest BCUT2D eigenvalue weighted by molar-refractivity contribution is 5.91. The van der Waals surface area contributed by atoms with Crippen LogP contribution >= 0.6 is 0 Å². The van der Waals surface area contributed by atoms with Gasteiger partial charge in [-0.2, -0.15) is 13.2 Å². The number of carbonyl (C=O) groups excluding carboxylic acids is 1. The first-order valence-electron chi connectivity index (χ1n) is 11.1. The zero-order chi connectivity index (χ0) is 24.6. The Labute approximate surface area is 194 Å². The van der Waals surface area contributed by atoms with Crippen LogP contribution in [0.3, 0.4) is 0 Å². The molecule has 34 heavy (non-hydrogen) atoms. The highest BCUT2D eigenvalue weighted by Crippen LogP contribution is 2.33. The number of halogens is 3. The molecule has 10 heteroatoms. The summed E-state index contributed by atoms with van der Waals surface area (Å²) < 4.78 is 39.7. The number of nitrogens with one attached hydrogen (secondary N) is 2. The minimum atomic E-state index is -4.73. The highest BCUT2D eigenvalue weighted by Gasteiger charge is 2.37. The topological polar surface area (TPSA) is 91.0 Å². The first kappa shape index (κ1) is 23.9. The lowest BCUT2D eigenvalue weighted by molar-refractivity contribution is -0.139. The van der Waals surface area contributed by atoms with Crippen LogP contribution in [-0.4, -0.2) is 45.4 Å². The number of rotatable bonds is 4. The standard InChI is InChI=1S/C24H26F3N5O2/c1-13-8-16(17-4-5-18(29-11-17)22(33)28-3)6-7-32(13)12-15-9-19-21(30-10-15)14(2)20(23(34)31-19)24(25,26)27/h4-5,9-11,13,16H,6-8,12H2,1-3H3,(H,28,33)(H,31,34). The van der Waals surface area contributed by atoms with E-state index in [0.717, 1.165) is 30.5 Å². The molecule has 0 saturated carbocycles. The summed E-state index contributed by atoms with van der Waals surface area (Å²) in [6.07, 6.45) is 0.432. The lowest BCUT2D eigenvalue weighted by Gasteiger charge is -2.37. The number of fused-ring (bicyclic) bond motifs is 1. The Hall–Kier alpha value is -3.27. The van der Waals surface area contributed by atoms with Gasteiger partial charge in [-0.25, -0.2) is 0 Å². The number of alkyl halides is 3. The van der Waals surface area contributed by atoms with E-state index < -0.39 is 17.3 Å². The van der Waals surface area contributed by atoms with Gasteiger partial charge < -0.3 is 10.3 Å². The molecule has 0 spiro atoms. The molecule has 0 aliphatic carbocycles. The molecule has 0 aromatic carbocycles. The minimum Gasteiger partial charge on any atom is -0.354 e. The van der Waals surface area contributed by atoms with Crippen LogP contribution in [0, 0.1) is 6.92 Å². The number of hydrogen-bond acceptors (Lipinski definition) is 5. The van der Waals surface area contributed by atoms with Crippen molar-refractivity contribution in [2.75, 3.05) is 13.6 Å². The van der Waals surface area contributed by atoms with E-state index in [-0.39, 0.29) is 23.0 Å². The van der Waals surface area contributed by atoms with Gasteiger partial charge in [-0.05, 0) is 68.0 Å². The number of hydrogen-bond donors (Lipinski definition) is 2. The minimum absolute atomic E-state index is 0.148. The Morgan fingerprint density at radius 1 is 1.26 bits per heavy atom. The lowest BCUT2D eigenvalue weighted by atomic mass is 9.86. The molecule has 1 aliphatic rings. The second-order valence-electron chi connectivity index (χ2n) is 8.79. The zero-order valence-corrected chi connectivity index (χ0v) is 19.2. The molecule has 3 aromatic heterocycles. The molecular weight excluding hydrogens is 447 g/mol. The maximum Gasteiger partial charge on any atom is 0.422 e. The second kappa shape index (κ2) is 9.17. The zero-order valence-electron chi connectivity index (χ0n) is 19.2. The first-order valence-corrected chi connectivity index (χ1v) is 11.1. The van der Waals surface area contributed by atoms with Crippen molar-refractivity contribution in [2.24, 2.45) is 0 Å². The average Bonchev–Trinajstić information content (AvgIpc) is 2.79. The summed E-state index contributed by atoms with van der Waals surface area (Å²) in [5.41, 5.74) is 0.242. The van der Waals surface area contributed by atoms with Crippen molar-refractivity contribution in [1.29, 1.82) is 0 Å². The fourth-order valence-corrected chi connectivity index (χ4v) is 4.71. The molecule has 1 aliphatic heterocycles. The van der Waals surface area contributed by atoms with Crippen LogP contribution in [0.4, 0.5) is 13.2 Å². The van der Waals surface area contributed by atoms with Crippen LogP contribution in [0.1, 0.15) is 58.4 Å². The van der Waals surface area contributed by atoms with Crippen LogP contribution in [0.15, 0.2) is 35.4 Å². The van der Waals surface area contributed by atoms with Gasteiger partial charge in [-0.15, -0.1) is 0 Å². The fourth-order valence-electron chi connectivity index (χ4n) is 4.71. The van der Waals surface area contributed by atoms with Crippen LogP contribution < -0.4 is 10.9 Å². The number of H-pyrrole nitrogens is 1. The summed E-state index contributed by atoms with van der Waals surface area (Å²) in [7, 11) is 1.57. The van der Waals surface area contributed by atoms with E-state index in [1.807, 2.05) is 6.07 Å². The summed E-state index contributed by atoms with van der Waals surface area (Å²) in [6.45, 7) is 4.81. The third-order valence-electron chi connectivity index (χ3n) is 6.55. The van der Waals surface area contributed by atoms with E-state index >= 15 is 0 Å². The molecule has 0 radical (unpaired) electrons. The quantitative estimate of drug-likeness (QED) is 0.602. The Morgan fingerprint density at radius 2 is 2.03 bits per heavy atom. The molecule has 7 nitrogen and oxygen atoms in total. The molecule has 1 amide bonds. The smallest absolute Gasteiger partial charge is 0.354 e. The number of aromatic amines is 1. The highest BCUT2D eigenvalue weighted by atomic mass is 19.4. The van der Waals surface area contributed by atoms with Crippen molar-refractivity contribution in [3.05, 3.63) is 68.9 Å². The van der Waals surface area contributed by atoms with Gasteiger partial charge in [0.05, 0.1) is 11.0 Å². The number of piperidine rings is 1. The Kier molecular flexibility index (Phi) is 6.44. The normalized spacial score (nSPS) is 19.4. The van der Waals surface area contributed by atoms with Gasteiger partial charge in [0.1, 0.15) is 11.3 Å². The molecule has 2 N–H and O–H groups in total. The van der Waals surface area contributed by atoms with Gasteiger partial charge in [0.15, 0.2) is 0 Å². The third kappa shape index (κ3) is 4.68. The molecule has 3 aromatic rings. The van der Waals surface area contributed by atoms with Gasteiger partial charge in [-0.1, -0.05) is 6.07 Å². The van der Waals surface area contributed by atoms with E-state index in [2.05, 4.69) is 32.1 Å². The predicted molar refractivity (Wildman–Crippen MR) is 122 cm³/mol. The summed E-state index contributed by atoms with van der Waals surface area (Å²) in [5.74, 6) is 0.108. The number of nitrogens with zero attached hydrogens (tertiary/aromatic N) is 3. The van der Waals surface area contributed by atoms with Crippen molar-refractivity contribution < 1.29 is 18.0 Å². The number of carbonyl (C=O) groups is 1. The molecule has 180 valence electrons. The van der Waals surface area contributed by atoms with Crippen LogP contribution in [0.2, 0.25) is 0 Å². The van der Waals surface area contributed by atoms with Gasteiger partial charge in [-0.3, -0.25) is 24.5 Å². The largest absolute Gasteiger partial charge is 0.422 e. The summed E-state index contributed by atoms with van der Waals surface area (Å²) in [6, 6.07) is 5.64. The Balaban J connectivity index is 1.48. The predicted octanol–water partition coefficient (Wildman–Crippen LogP) is 3.77. The SMILES string of the molecule is CNC(=O)c1ccc(C2CCN(Cc3cnc4c(C)c(C(F)(F)F)c(=O)[nH]c4c3)C(C)C2)cn1. The van der Waals surface area contributed by atoms with Crippen LogP contribution in [0.5, 0.6) is 0 Å². The van der Waals surface area contributed by atoms with Crippen molar-refractivity contribution in [1.82, 2.24) is 25.2 Å². The number of aromatic nitrogens is 3. The second-order valence-corrected chi connectivity index (χ2v) is 8.79. The van der Waals surface area contributed by atoms with Gasteiger partial charge in [0, 0.05) is 32.0 Å². The van der Waals surface area contributed by atoms with Crippen molar-refractivity contribution >= 4 is 16.9 Å². The van der Waals surface area contributed by atoms with Crippen molar-refractivity contribution in [3.63, 3.8) is 0 Å². The first-order chi connectivity index (χ1) is 16.1.